The van der Waals surface area contributed by atoms with Gasteiger partial charge in [0, 0.05) is 18.9 Å². The fourth-order valence-electron chi connectivity index (χ4n) is 2.74. The van der Waals surface area contributed by atoms with Crippen LogP contribution in [0.2, 0.25) is 0 Å². The molecule has 0 aromatic rings. The number of fused-ring (bicyclic) bond motifs is 1. The normalized spacial score (nSPS) is 39.7. The van der Waals surface area contributed by atoms with Crippen LogP contribution in [0.25, 0.3) is 0 Å². The number of ether oxygens (including phenoxy) is 1. The van der Waals surface area contributed by atoms with E-state index >= 15 is 0 Å². The predicted octanol–water partition coefficient (Wildman–Crippen LogP) is 1.78. The summed E-state index contributed by atoms with van der Waals surface area (Å²) >= 11 is 0. The Morgan fingerprint density at radius 1 is 1.42 bits per heavy atom. The first kappa shape index (κ1) is 8.24. The van der Waals surface area contributed by atoms with Crippen LogP contribution in [-0.4, -0.2) is 18.0 Å². The second-order valence-electron chi connectivity index (χ2n) is 4.48. The molecular weight excluding hydrogens is 152 g/mol. The highest BCUT2D eigenvalue weighted by Gasteiger charge is 2.47. The second-order valence-corrected chi connectivity index (χ2v) is 4.48. The number of rotatable bonds is 0. The van der Waals surface area contributed by atoms with Gasteiger partial charge in [-0.15, -0.1) is 0 Å². The quantitative estimate of drug-likeness (QED) is 0.551. The van der Waals surface area contributed by atoms with E-state index in [2.05, 4.69) is 0 Å². The Kier molecular flexibility index (Phi) is 1.76. The average molecular weight is 168 g/mol. The van der Waals surface area contributed by atoms with Crippen molar-refractivity contribution in [2.45, 2.75) is 38.7 Å². The van der Waals surface area contributed by atoms with Crippen LogP contribution in [0.3, 0.4) is 0 Å². The molecule has 2 heteroatoms. The van der Waals surface area contributed by atoms with Crippen LogP contribution in [0.4, 0.5) is 0 Å². The van der Waals surface area contributed by atoms with Gasteiger partial charge >= 0.3 is 0 Å². The summed E-state index contributed by atoms with van der Waals surface area (Å²) < 4.78 is 5.63. The van der Waals surface area contributed by atoms with E-state index in [1.165, 1.54) is 0 Å². The standard InChI is InChI=1S/C10H16O2/c1-10(2)9-7(5-6-12-10)3-4-8(9)11/h7,9H,3-6H2,1-2H3. The molecule has 2 atom stereocenters. The lowest BCUT2D eigenvalue weighted by molar-refractivity contribution is -0.144. The minimum Gasteiger partial charge on any atom is -0.375 e. The Morgan fingerprint density at radius 2 is 2.17 bits per heavy atom. The van der Waals surface area contributed by atoms with Crippen LogP contribution in [-0.2, 0) is 9.53 Å². The minimum absolute atomic E-state index is 0.186. The van der Waals surface area contributed by atoms with Crippen LogP contribution in [0.1, 0.15) is 33.1 Å². The molecule has 2 unspecified atom stereocenters. The summed E-state index contributed by atoms with van der Waals surface area (Å²) in [5.74, 6) is 1.22. The lowest BCUT2D eigenvalue weighted by Crippen LogP contribution is -2.44. The van der Waals surface area contributed by atoms with Crippen molar-refractivity contribution in [1.29, 1.82) is 0 Å². The summed E-state index contributed by atoms with van der Waals surface area (Å²) in [6, 6.07) is 0. The Bertz CT molecular complexity index is 208. The van der Waals surface area contributed by atoms with Crippen LogP contribution < -0.4 is 0 Å². The molecule has 0 aromatic carbocycles. The maximum absolute atomic E-state index is 11.5. The van der Waals surface area contributed by atoms with Crippen molar-refractivity contribution < 1.29 is 9.53 Å². The molecule has 0 spiro atoms. The predicted molar refractivity (Wildman–Crippen MR) is 45.9 cm³/mol. The van der Waals surface area contributed by atoms with Crippen LogP contribution in [0.15, 0.2) is 0 Å². The van der Waals surface area contributed by atoms with Gasteiger partial charge in [0.15, 0.2) is 0 Å². The zero-order valence-corrected chi connectivity index (χ0v) is 7.80. The van der Waals surface area contributed by atoms with Crippen LogP contribution >= 0.6 is 0 Å². The van der Waals surface area contributed by atoms with E-state index in [-0.39, 0.29) is 11.5 Å². The maximum atomic E-state index is 11.5. The largest absolute Gasteiger partial charge is 0.375 e. The highest BCUT2D eigenvalue weighted by molar-refractivity contribution is 5.84. The van der Waals surface area contributed by atoms with E-state index in [1.54, 1.807) is 0 Å². The fraction of sp³-hybridized carbons (Fsp3) is 0.900. The Morgan fingerprint density at radius 3 is 2.83 bits per heavy atom. The van der Waals surface area contributed by atoms with Gasteiger partial charge in [-0.1, -0.05) is 0 Å². The van der Waals surface area contributed by atoms with Crippen molar-refractivity contribution >= 4 is 5.78 Å². The highest BCUT2D eigenvalue weighted by atomic mass is 16.5. The molecule has 2 nitrogen and oxygen atoms in total. The Balaban J connectivity index is 2.24. The number of hydrogen-bond donors (Lipinski definition) is 0. The first-order chi connectivity index (χ1) is 5.61. The molecule has 12 heavy (non-hydrogen) atoms. The number of carbonyl (C=O) groups excluding carboxylic acids is 1. The van der Waals surface area contributed by atoms with E-state index in [0.29, 0.717) is 11.7 Å². The van der Waals surface area contributed by atoms with Gasteiger partial charge in [0.2, 0.25) is 0 Å². The second kappa shape index (κ2) is 2.56. The molecule has 1 aliphatic carbocycles. The third-order valence-corrected chi connectivity index (χ3v) is 3.29. The van der Waals surface area contributed by atoms with Gasteiger partial charge in [-0.25, -0.2) is 0 Å². The van der Waals surface area contributed by atoms with Crippen molar-refractivity contribution in [1.82, 2.24) is 0 Å². The lowest BCUT2D eigenvalue weighted by Gasteiger charge is -2.39. The molecule has 0 N–H and O–H groups in total. The van der Waals surface area contributed by atoms with Crippen LogP contribution in [0, 0.1) is 11.8 Å². The number of carbonyl (C=O) groups is 1. The third-order valence-electron chi connectivity index (χ3n) is 3.29. The number of hydrogen-bond acceptors (Lipinski definition) is 2. The molecule has 2 fully saturated rings. The van der Waals surface area contributed by atoms with Gasteiger partial charge in [-0.2, -0.15) is 0 Å². The Hall–Kier alpha value is -0.370. The molecule has 0 aromatic heterocycles. The molecular formula is C10H16O2. The Labute approximate surface area is 73.3 Å². The van der Waals surface area contributed by atoms with Gasteiger partial charge < -0.3 is 4.74 Å². The lowest BCUT2D eigenvalue weighted by atomic mass is 9.78. The summed E-state index contributed by atoms with van der Waals surface area (Å²) in [6.45, 7) is 4.93. The number of Topliss-reactive ketones (excluding diaryl/α,β-unsaturated/α-hetero) is 1. The summed E-state index contributed by atoms with van der Waals surface area (Å²) in [5.41, 5.74) is -0.198. The van der Waals surface area contributed by atoms with Gasteiger partial charge in [0.25, 0.3) is 0 Å². The van der Waals surface area contributed by atoms with E-state index in [0.717, 1.165) is 25.9 Å². The fourth-order valence-corrected chi connectivity index (χ4v) is 2.74. The molecule has 2 aliphatic rings. The monoisotopic (exact) mass is 168 g/mol. The average Bonchev–Trinajstić information content (AvgIpc) is 2.32. The summed E-state index contributed by atoms with van der Waals surface area (Å²) in [6.07, 6.45) is 2.96. The minimum atomic E-state index is -0.198. The van der Waals surface area contributed by atoms with Crippen molar-refractivity contribution in [2.24, 2.45) is 11.8 Å². The summed E-state index contributed by atoms with van der Waals surface area (Å²) in [5, 5.41) is 0. The molecule has 1 saturated heterocycles. The van der Waals surface area contributed by atoms with Crippen molar-refractivity contribution in [3.63, 3.8) is 0 Å². The molecule has 1 saturated carbocycles. The molecule has 0 radical (unpaired) electrons. The van der Waals surface area contributed by atoms with Gasteiger partial charge in [-0.3, -0.25) is 4.79 Å². The zero-order valence-electron chi connectivity index (χ0n) is 7.80. The molecule has 1 heterocycles. The molecule has 2 rings (SSSR count). The number of ketones is 1. The molecule has 0 bridgehead atoms. The zero-order chi connectivity index (χ0) is 8.77. The molecule has 0 amide bonds. The van der Waals surface area contributed by atoms with E-state index in [1.807, 2.05) is 13.8 Å². The van der Waals surface area contributed by atoms with Gasteiger partial charge in [0.05, 0.1) is 5.60 Å². The third kappa shape index (κ3) is 1.09. The first-order valence-corrected chi connectivity index (χ1v) is 4.78. The van der Waals surface area contributed by atoms with E-state index < -0.39 is 0 Å². The van der Waals surface area contributed by atoms with E-state index in [9.17, 15) is 4.79 Å². The summed E-state index contributed by atoms with van der Waals surface area (Å²) in [7, 11) is 0. The van der Waals surface area contributed by atoms with E-state index in [4.69, 9.17) is 4.74 Å². The molecule has 68 valence electrons. The van der Waals surface area contributed by atoms with Crippen molar-refractivity contribution in [3.05, 3.63) is 0 Å². The smallest absolute Gasteiger partial charge is 0.139 e. The van der Waals surface area contributed by atoms with Crippen molar-refractivity contribution in [3.8, 4) is 0 Å². The maximum Gasteiger partial charge on any atom is 0.139 e. The van der Waals surface area contributed by atoms with Gasteiger partial charge in [-0.05, 0) is 32.6 Å². The SMILES string of the molecule is CC1(C)OCCC2CCC(=O)C21. The highest BCUT2D eigenvalue weighted by Crippen LogP contribution is 2.43. The molecule has 1 aliphatic heterocycles. The van der Waals surface area contributed by atoms with Crippen LogP contribution in [0.5, 0.6) is 0 Å². The topological polar surface area (TPSA) is 26.3 Å². The first-order valence-electron chi connectivity index (χ1n) is 4.78. The summed E-state index contributed by atoms with van der Waals surface area (Å²) in [4.78, 5) is 11.5. The van der Waals surface area contributed by atoms with Crippen molar-refractivity contribution in [2.75, 3.05) is 6.61 Å². The van der Waals surface area contributed by atoms with Gasteiger partial charge in [0.1, 0.15) is 5.78 Å².